The van der Waals surface area contributed by atoms with Crippen molar-refractivity contribution >= 4 is 60.4 Å². The molecule has 18 heteroatoms. The van der Waals surface area contributed by atoms with Crippen LogP contribution in [0.3, 0.4) is 0 Å². The number of amides is 2. The van der Waals surface area contributed by atoms with Crippen LogP contribution >= 0.6 is 38.8 Å². The minimum Gasteiger partial charge on any atom is -0.438 e. The lowest BCUT2D eigenvalue weighted by Gasteiger charge is -2.28. The highest BCUT2D eigenvalue weighted by Gasteiger charge is 2.28. The maximum Gasteiger partial charge on any atom is 0.257 e. The van der Waals surface area contributed by atoms with Crippen LogP contribution in [0.1, 0.15) is 72.1 Å². The van der Waals surface area contributed by atoms with E-state index < -0.39 is 51.5 Å². The number of ether oxygens (including phenoxy) is 2. The van der Waals surface area contributed by atoms with Gasteiger partial charge in [0.15, 0.2) is 9.84 Å². The lowest BCUT2D eigenvalue weighted by atomic mass is 9.92. The van der Waals surface area contributed by atoms with Crippen LogP contribution in [0.5, 0.6) is 23.3 Å². The molecule has 2 aromatic heterocycles. The van der Waals surface area contributed by atoms with Crippen molar-refractivity contribution in [2.45, 2.75) is 85.4 Å². The van der Waals surface area contributed by atoms with Gasteiger partial charge in [-0.1, -0.05) is 37.8 Å². The monoisotopic (exact) mass is 852 g/mol. The molecule has 12 nitrogen and oxygen atoms in total. The largest absolute Gasteiger partial charge is 0.438 e. The van der Waals surface area contributed by atoms with Crippen molar-refractivity contribution in [3.8, 4) is 23.3 Å². The molecule has 2 saturated carbocycles. The van der Waals surface area contributed by atoms with Crippen molar-refractivity contribution in [1.82, 2.24) is 20.6 Å². The maximum atomic E-state index is 13.7. The fourth-order valence-corrected chi connectivity index (χ4v) is 7.15. The van der Waals surface area contributed by atoms with Crippen molar-refractivity contribution in [2.75, 3.05) is 12.5 Å². The predicted octanol–water partition coefficient (Wildman–Crippen LogP) is 6.44. The van der Waals surface area contributed by atoms with Gasteiger partial charge < -0.3 is 30.3 Å². The molecule has 2 aliphatic rings. The predicted molar refractivity (Wildman–Crippen MR) is 219 cm³/mol. The van der Waals surface area contributed by atoms with Crippen LogP contribution in [0, 0.1) is 11.6 Å². The Hall–Kier alpha value is -3.94. The summed E-state index contributed by atoms with van der Waals surface area (Å²) in [7, 11) is -3.44. The average Bonchev–Trinajstić information content (AvgIpc) is 3.15. The molecule has 56 heavy (non-hydrogen) atoms. The fourth-order valence-electron chi connectivity index (χ4n) is 6.05. The third kappa shape index (κ3) is 13.1. The van der Waals surface area contributed by atoms with Gasteiger partial charge in [-0.3, -0.25) is 9.59 Å². The van der Waals surface area contributed by atoms with Crippen LogP contribution in [0.15, 0.2) is 82.8 Å². The molecular weight excluding hydrogens is 807 g/mol. The zero-order valence-electron chi connectivity index (χ0n) is 30.7. The standard InChI is InChI=1S/C19H21FN2O5S.C19H21FN2O3S.2H2S/c1-28(25,26)14-6-4-5-13(10-14)27-19-15(9-12(20)11-21-19)18(24)22-16-7-2-3-8-17(16)23;1-26-14-6-4-5-13(10-14)25-19-15(9-12(20)11-21-19)18(24)22-16-7-2-3-8-17(16)23;;/h4-6,9-11,16-17,23H,2-3,7-8H2,1H3,(H,22,24);4-6,9-11,16-17,23H,2-3,7-8H2,1H3,(H,22,24);2*1H2/t2*16-,17+;;/m00../s1. The zero-order chi connectivity index (χ0) is 38.8. The van der Waals surface area contributed by atoms with E-state index in [1.54, 1.807) is 17.8 Å². The Balaban J connectivity index is 0.000000291. The molecule has 2 aromatic carbocycles. The number of nitrogens with zero attached hydrogens (tertiary/aromatic N) is 2. The van der Waals surface area contributed by atoms with Gasteiger partial charge in [0, 0.05) is 11.2 Å². The topological polar surface area (TPSA) is 177 Å². The lowest BCUT2D eigenvalue weighted by molar-refractivity contribution is 0.0713. The molecule has 0 spiro atoms. The average molecular weight is 853 g/mol. The van der Waals surface area contributed by atoms with Crippen LogP contribution in [0.2, 0.25) is 0 Å². The van der Waals surface area contributed by atoms with Crippen LogP contribution in [-0.2, 0) is 9.84 Å². The highest BCUT2D eigenvalue weighted by molar-refractivity contribution is 7.98. The summed E-state index contributed by atoms with van der Waals surface area (Å²) < 4.78 is 62.1. The molecule has 6 rings (SSSR count). The highest BCUT2D eigenvalue weighted by Crippen LogP contribution is 2.29. The summed E-state index contributed by atoms with van der Waals surface area (Å²) >= 11 is 1.56. The van der Waals surface area contributed by atoms with E-state index in [-0.39, 0.29) is 66.6 Å². The molecule has 0 saturated heterocycles. The maximum absolute atomic E-state index is 13.7. The number of halogens is 2. The van der Waals surface area contributed by atoms with Crippen LogP contribution in [0.25, 0.3) is 0 Å². The molecule has 2 aliphatic carbocycles. The first-order chi connectivity index (χ1) is 25.8. The second-order valence-electron chi connectivity index (χ2n) is 13.0. The molecule has 2 heterocycles. The van der Waals surface area contributed by atoms with Crippen molar-refractivity contribution in [1.29, 1.82) is 0 Å². The number of carbonyl (C=O) groups excluding carboxylic acids is 2. The molecule has 2 amide bonds. The molecule has 2 fully saturated rings. The van der Waals surface area contributed by atoms with E-state index in [4.69, 9.17) is 9.47 Å². The number of aliphatic hydroxyl groups excluding tert-OH is 2. The van der Waals surface area contributed by atoms with E-state index in [1.165, 1.54) is 24.3 Å². The summed E-state index contributed by atoms with van der Waals surface area (Å²) in [5.74, 6) is -1.92. The number of nitrogens with one attached hydrogen (secondary N) is 2. The number of pyridine rings is 2. The lowest BCUT2D eigenvalue weighted by Crippen LogP contribution is -2.45. The first kappa shape index (κ1) is 46.4. The van der Waals surface area contributed by atoms with Crippen molar-refractivity contribution < 1.29 is 46.5 Å². The minimum atomic E-state index is -3.44. The van der Waals surface area contributed by atoms with Crippen molar-refractivity contribution in [3.05, 3.63) is 95.8 Å². The third-order valence-corrected chi connectivity index (χ3v) is 10.8. The number of rotatable bonds is 10. The summed E-state index contributed by atoms with van der Waals surface area (Å²) in [6.07, 6.45) is 9.90. The molecular formula is C38H46F2N4O8S4. The van der Waals surface area contributed by atoms with Crippen LogP contribution in [-0.4, -0.2) is 77.2 Å². The molecule has 4 atom stereocenters. The summed E-state index contributed by atoms with van der Waals surface area (Å²) in [4.78, 5) is 34.1. The van der Waals surface area contributed by atoms with Gasteiger partial charge in [0.1, 0.15) is 34.3 Å². The minimum absolute atomic E-state index is 0. The molecule has 0 aliphatic heterocycles. The number of carbonyl (C=O) groups is 2. The number of aliphatic hydroxyl groups is 2. The highest BCUT2D eigenvalue weighted by atomic mass is 32.2. The smallest absolute Gasteiger partial charge is 0.257 e. The summed E-state index contributed by atoms with van der Waals surface area (Å²) in [5, 5.41) is 25.6. The first-order valence-electron chi connectivity index (χ1n) is 17.4. The van der Waals surface area contributed by atoms with Crippen LogP contribution in [0.4, 0.5) is 8.78 Å². The normalized spacial score (nSPS) is 19.1. The number of benzene rings is 2. The Bertz CT molecular complexity index is 2060. The van der Waals surface area contributed by atoms with Gasteiger partial charge >= 0.3 is 0 Å². The SMILES string of the molecule is CS(=O)(=O)c1cccc(Oc2ncc(F)cc2C(=O)N[C@H]2CCCC[C@H]2O)c1.CSc1cccc(Oc2ncc(F)cc2C(=O)N[C@H]2CCCC[C@H]2O)c1.S.S. The molecule has 4 N–H and O–H groups in total. The van der Waals surface area contributed by atoms with Crippen molar-refractivity contribution in [2.24, 2.45) is 0 Å². The second kappa shape index (κ2) is 21.5. The van der Waals surface area contributed by atoms with E-state index in [0.717, 1.165) is 61.4 Å². The second-order valence-corrected chi connectivity index (χ2v) is 15.9. The number of sulfone groups is 1. The van der Waals surface area contributed by atoms with Crippen molar-refractivity contribution in [3.63, 3.8) is 0 Å². The van der Waals surface area contributed by atoms with Gasteiger partial charge in [-0.15, -0.1) is 11.8 Å². The summed E-state index contributed by atoms with van der Waals surface area (Å²) in [6.45, 7) is 0. The number of aromatic nitrogens is 2. The molecule has 0 radical (unpaired) electrons. The van der Waals surface area contributed by atoms with E-state index in [0.29, 0.717) is 31.4 Å². The van der Waals surface area contributed by atoms with E-state index in [9.17, 15) is 37.0 Å². The van der Waals surface area contributed by atoms with Gasteiger partial charge in [0.05, 0.1) is 41.6 Å². The zero-order valence-corrected chi connectivity index (χ0v) is 34.3. The van der Waals surface area contributed by atoms with Gasteiger partial charge in [-0.25, -0.2) is 27.2 Å². The number of hydrogen-bond acceptors (Lipinski definition) is 11. The summed E-state index contributed by atoms with van der Waals surface area (Å²) in [6, 6.07) is 14.4. The van der Waals surface area contributed by atoms with Gasteiger partial charge in [0.25, 0.3) is 11.8 Å². The van der Waals surface area contributed by atoms with Crippen LogP contribution < -0.4 is 20.1 Å². The Morgan fingerprint density at radius 2 is 1.18 bits per heavy atom. The molecule has 304 valence electrons. The van der Waals surface area contributed by atoms with E-state index in [2.05, 4.69) is 20.6 Å². The van der Waals surface area contributed by atoms with Gasteiger partial charge in [-0.05, 0) is 80.5 Å². The Kier molecular flexibility index (Phi) is 17.9. The Labute approximate surface area is 343 Å². The van der Waals surface area contributed by atoms with E-state index >= 15 is 0 Å². The third-order valence-electron chi connectivity index (χ3n) is 8.92. The Morgan fingerprint density at radius 3 is 1.62 bits per heavy atom. The number of thioether (sulfide) groups is 1. The van der Waals surface area contributed by atoms with E-state index in [1.807, 2.05) is 24.5 Å². The molecule has 0 unspecified atom stereocenters. The van der Waals surface area contributed by atoms with Gasteiger partial charge in [0.2, 0.25) is 11.8 Å². The number of hydrogen-bond donors (Lipinski definition) is 4. The first-order valence-corrected chi connectivity index (χ1v) is 20.5. The quantitative estimate of drug-likeness (QED) is 0.129. The van der Waals surface area contributed by atoms with Gasteiger partial charge in [-0.2, -0.15) is 27.0 Å². The summed E-state index contributed by atoms with van der Waals surface area (Å²) in [5.41, 5.74) is -0.125. The fraction of sp³-hybridized carbons (Fsp3) is 0.368. The molecule has 0 bridgehead atoms. The Morgan fingerprint density at radius 1 is 0.732 bits per heavy atom. The molecule has 4 aromatic rings.